The highest BCUT2D eigenvalue weighted by atomic mass is 16.3. The van der Waals surface area contributed by atoms with Crippen molar-refractivity contribution >= 4 is 0 Å². The molecule has 0 aromatic rings. The summed E-state index contributed by atoms with van der Waals surface area (Å²) in [5.74, 6) is 0.600. The molecule has 1 atom stereocenters. The van der Waals surface area contributed by atoms with Crippen LogP contribution in [0.4, 0.5) is 0 Å². The van der Waals surface area contributed by atoms with E-state index in [1.54, 1.807) is 0 Å². The predicted molar refractivity (Wildman–Crippen MR) is 56.6 cm³/mol. The molecule has 1 heteroatoms. The zero-order valence-corrected chi connectivity index (χ0v) is 9.14. The molecule has 1 saturated carbocycles. The van der Waals surface area contributed by atoms with Crippen molar-refractivity contribution in [2.45, 2.75) is 58.5 Å². The molecule has 0 aromatic heterocycles. The lowest BCUT2D eigenvalue weighted by atomic mass is 9.89. The molecule has 1 aliphatic carbocycles. The average Bonchev–Trinajstić information content (AvgIpc) is 2.85. The molecule has 1 unspecified atom stereocenters. The van der Waals surface area contributed by atoms with Crippen LogP contribution < -0.4 is 0 Å². The Labute approximate surface area is 81.9 Å². The first-order valence-corrected chi connectivity index (χ1v) is 5.44. The topological polar surface area (TPSA) is 20.2 Å². The SMILES string of the molecule is CCC(O)(CCC=C(C)C)C1CC1. The van der Waals surface area contributed by atoms with Crippen LogP contribution in [-0.2, 0) is 0 Å². The summed E-state index contributed by atoms with van der Waals surface area (Å²) in [6.07, 6.45) is 7.58. The molecule has 0 spiro atoms. The molecule has 1 fully saturated rings. The Hall–Kier alpha value is -0.300. The highest BCUT2D eigenvalue weighted by molar-refractivity contribution is 4.98. The summed E-state index contributed by atoms with van der Waals surface area (Å²) >= 11 is 0. The Balaban J connectivity index is 2.35. The van der Waals surface area contributed by atoms with E-state index < -0.39 is 0 Å². The van der Waals surface area contributed by atoms with E-state index in [1.165, 1.54) is 18.4 Å². The fraction of sp³-hybridized carbons (Fsp3) is 0.833. The molecule has 0 radical (unpaired) electrons. The molecule has 1 aliphatic rings. The number of hydrogen-bond donors (Lipinski definition) is 1. The van der Waals surface area contributed by atoms with Gasteiger partial charge in [-0.05, 0) is 51.9 Å². The number of hydrogen-bond acceptors (Lipinski definition) is 1. The van der Waals surface area contributed by atoms with E-state index in [1.807, 2.05) is 0 Å². The first-order valence-electron chi connectivity index (χ1n) is 5.44. The third kappa shape index (κ3) is 3.15. The number of aliphatic hydroxyl groups is 1. The van der Waals surface area contributed by atoms with Gasteiger partial charge in [-0.3, -0.25) is 0 Å². The molecule has 0 amide bonds. The summed E-state index contributed by atoms with van der Waals surface area (Å²) in [7, 11) is 0. The van der Waals surface area contributed by atoms with Gasteiger partial charge < -0.3 is 5.11 Å². The van der Waals surface area contributed by atoms with Crippen molar-refractivity contribution in [2.24, 2.45) is 5.92 Å². The monoisotopic (exact) mass is 182 g/mol. The van der Waals surface area contributed by atoms with Gasteiger partial charge in [-0.15, -0.1) is 0 Å². The van der Waals surface area contributed by atoms with Crippen LogP contribution in [0.15, 0.2) is 11.6 Å². The maximum atomic E-state index is 10.2. The van der Waals surface area contributed by atoms with Crippen LogP contribution in [-0.4, -0.2) is 10.7 Å². The molecular weight excluding hydrogens is 160 g/mol. The second-order valence-corrected chi connectivity index (χ2v) is 4.55. The van der Waals surface area contributed by atoms with Crippen LogP contribution in [0.2, 0.25) is 0 Å². The molecular formula is C12H22O. The molecule has 1 N–H and O–H groups in total. The van der Waals surface area contributed by atoms with E-state index in [2.05, 4.69) is 26.8 Å². The Bertz CT molecular complexity index is 187. The minimum atomic E-state index is -0.355. The molecule has 76 valence electrons. The lowest BCUT2D eigenvalue weighted by Gasteiger charge is -2.26. The fourth-order valence-electron chi connectivity index (χ4n) is 1.90. The van der Waals surface area contributed by atoms with Gasteiger partial charge >= 0.3 is 0 Å². The van der Waals surface area contributed by atoms with Crippen molar-refractivity contribution in [3.05, 3.63) is 11.6 Å². The van der Waals surface area contributed by atoms with Gasteiger partial charge in [0.1, 0.15) is 0 Å². The van der Waals surface area contributed by atoms with Crippen molar-refractivity contribution in [1.82, 2.24) is 0 Å². The van der Waals surface area contributed by atoms with E-state index in [4.69, 9.17) is 0 Å². The number of rotatable bonds is 5. The zero-order chi connectivity index (χ0) is 9.90. The van der Waals surface area contributed by atoms with Crippen LogP contribution in [0.3, 0.4) is 0 Å². The van der Waals surface area contributed by atoms with Gasteiger partial charge in [0.2, 0.25) is 0 Å². The molecule has 0 aromatic carbocycles. The average molecular weight is 182 g/mol. The molecule has 1 nitrogen and oxygen atoms in total. The van der Waals surface area contributed by atoms with E-state index in [-0.39, 0.29) is 5.60 Å². The van der Waals surface area contributed by atoms with E-state index in [0.29, 0.717) is 5.92 Å². The van der Waals surface area contributed by atoms with E-state index in [0.717, 1.165) is 19.3 Å². The summed E-state index contributed by atoms with van der Waals surface area (Å²) in [6.45, 7) is 6.32. The van der Waals surface area contributed by atoms with E-state index in [9.17, 15) is 5.11 Å². The van der Waals surface area contributed by atoms with Crippen LogP contribution in [0.5, 0.6) is 0 Å². The Morgan fingerprint density at radius 1 is 1.46 bits per heavy atom. The van der Waals surface area contributed by atoms with Gasteiger partial charge in [-0.25, -0.2) is 0 Å². The van der Waals surface area contributed by atoms with Gasteiger partial charge in [0.05, 0.1) is 5.60 Å². The molecule has 1 rings (SSSR count). The quantitative estimate of drug-likeness (QED) is 0.647. The smallest absolute Gasteiger partial charge is 0.0676 e. The lowest BCUT2D eigenvalue weighted by Crippen LogP contribution is -2.29. The van der Waals surface area contributed by atoms with Gasteiger partial charge in [-0.2, -0.15) is 0 Å². The van der Waals surface area contributed by atoms with Crippen LogP contribution in [0, 0.1) is 5.92 Å². The van der Waals surface area contributed by atoms with Crippen molar-refractivity contribution in [1.29, 1.82) is 0 Å². The van der Waals surface area contributed by atoms with Crippen molar-refractivity contribution in [2.75, 3.05) is 0 Å². The lowest BCUT2D eigenvalue weighted by molar-refractivity contribution is 0.00608. The Morgan fingerprint density at radius 3 is 2.46 bits per heavy atom. The normalized spacial score (nSPS) is 20.9. The minimum Gasteiger partial charge on any atom is -0.390 e. The van der Waals surface area contributed by atoms with Crippen molar-refractivity contribution in [3.8, 4) is 0 Å². The fourth-order valence-corrected chi connectivity index (χ4v) is 1.90. The Morgan fingerprint density at radius 2 is 2.08 bits per heavy atom. The molecule has 0 aliphatic heterocycles. The summed E-state index contributed by atoms with van der Waals surface area (Å²) in [6, 6.07) is 0. The van der Waals surface area contributed by atoms with Crippen LogP contribution in [0.1, 0.15) is 52.9 Å². The van der Waals surface area contributed by atoms with Crippen LogP contribution in [0.25, 0.3) is 0 Å². The molecule has 0 saturated heterocycles. The zero-order valence-electron chi connectivity index (χ0n) is 9.14. The summed E-state index contributed by atoms with van der Waals surface area (Å²) in [5.41, 5.74) is 1.00. The highest BCUT2D eigenvalue weighted by Crippen LogP contribution is 2.43. The van der Waals surface area contributed by atoms with Crippen molar-refractivity contribution < 1.29 is 5.11 Å². The van der Waals surface area contributed by atoms with Gasteiger partial charge in [0.25, 0.3) is 0 Å². The largest absolute Gasteiger partial charge is 0.390 e. The van der Waals surface area contributed by atoms with Crippen LogP contribution >= 0.6 is 0 Å². The first kappa shape index (κ1) is 10.8. The third-order valence-electron chi connectivity index (χ3n) is 3.08. The highest BCUT2D eigenvalue weighted by Gasteiger charge is 2.41. The Kier molecular flexibility index (Phi) is 3.55. The summed E-state index contributed by atoms with van der Waals surface area (Å²) in [4.78, 5) is 0. The predicted octanol–water partition coefficient (Wildman–Crippen LogP) is 3.28. The molecule has 0 heterocycles. The van der Waals surface area contributed by atoms with Gasteiger partial charge in [-0.1, -0.05) is 18.6 Å². The second kappa shape index (κ2) is 4.28. The standard InChI is InChI=1S/C12H22O/c1-4-12(13,11-7-8-11)9-5-6-10(2)3/h6,11,13H,4-5,7-9H2,1-3H3. The summed E-state index contributed by atoms with van der Waals surface area (Å²) < 4.78 is 0. The number of allylic oxidation sites excluding steroid dienone is 2. The van der Waals surface area contributed by atoms with Gasteiger partial charge in [0.15, 0.2) is 0 Å². The minimum absolute atomic E-state index is 0.355. The maximum absolute atomic E-state index is 10.2. The molecule has 13 heavy (non-hydrogen) atoms. The maximum Gasteiger partial charge on any atom is 0.0676 e. The van der Waals surface area contributed by atoms with E-state index >= 15 is 0 Å². The summed E-state index contributed by atoms with van der Waals surface area (Å²) in [5, 5.41) is 10.2. The van der Waals surface area contributed by atoms with Crippen molar-refractivity contribution in [3.63, 3.8) is 0 Å². The second-order valence-electron chi connectivity index (χ2n) is 4.55. The first-order chi connectivity index (χ1) is 6.08. The molecule has 0 bridgehead atoms. The third-order valence-corrected chi connectivity index (χ3v) is 3.08. The van der Waals surface area contributed by atoms with Gasteiger partial charge in [0, 0.05) is 0 Å².